The number of hydrogen-bond donors (Lipinski definition) is 1. The van der Waals surface area contributed by atoms with E-state index in [9.17, 15) is 14.7 Å². The minimum absolute atomic E-state index is 0.00158. The summed E-state index contributed by atoms with van der Waals surface area (Å²) in [4.78, 5) is 23.2. The van der Waals surface area contributed by atoms with Gasteiger partial charge in [-0.15, -0.1) is 0 Å². The van der Waals surface area contributed by atoms with Gasteiger partial charge in [-0.3, -0.25) is 0 Å². The first-order valence-corrected chi connectivity index (χ1v) is 5.58. The zero-order valence-electron chi connectivity index (χ0n) is 10.6. The molecule has 0 unspecified atom stereocenters. The molecule has 0 aliphatic rings. The van der Waals surface area contributed by atoms with Crippen LogP contribution in [0.2, 0.25) is 0 Å². The van der Waals surface area contributed by atoms with Crippen LogP contribution >= 0.6 is 0 Å². The minimum atomic E-state index is -0.758. The summed E-state index contributed by atoms with van der Waals surface area (Å²) in [5.74, 6) is -1.66. The van der Waals surface area contributed by atoms with Gasteiger partial charge in [-0.25, -0.2) is 9.59 Å². The maximum Gasteiger partial charge on any atom is 0.342 e. The van der Waals surface area contributed by atoms with Gasteiger partial charge < -0.3 is 14.6 Å². The third kappa shape index (κ3) is 2.61. The molecule has 1 aromatic carbocycles. The molecule has 0 aromatic heterocycles. The molecule has 1 aromatic rings. The van der Waals surface area contributed by atoms with Crippen molar-refractivity contribution in [1.82, 2.24) is 0 Å². The molecule has 0 bridgehead atoms. The number of phenols is 1. The summed E-state index contributed by atoms with van der Waals surface area (Å²) in [6.45, 7) is 1.95. The average Bonchev–Trinajstić information content (AvgIpc) is 2.39. The summed E-state index contributed by atoms with van der Waals surface area (Å²) in [5.41, 5.74) is 0.461. The van der Waals surface area contributed by atoms with Gasteiger partial charge in [0.05, 0.1) is 19.8 Å². The van der Waals surface area contributed by atoms with Gasteiger partial charge in [-0.05, 0) is 18.1 Å². The second-order valence-electron chi connectivity index (χ2n) is 3.73. The third-order valence-corrected chi connectivity index (χ3v) is 2.58. The molecule has 0 fully saturated rings. The zero-order valence-corrected chi connectivity index (χ0v) is 10.6. The van der Waals surface area contributed by atoms with Crippen LogP contribution in [0.5, 0.6) is 5.75 Å². The molecule has 18 heavy (non-hydrogen) atoms. The van der Waals surface area contributed by atoms with Crippen LogP contribution in [0.25, 0.3) is 0 Å². The van der Waals surface area contributed by atoms with Crippen molar-refractivity contribution in [2.24, 2.45) is 0 Å². The highest BCUT2D eigenvalue weighted by molar-refractivity contribution is 6.05. The van der Waals surface area contributed by atoms with E-state index in [1.165, 1.54) is 20.3 Å². The first-order chi connectivity index (χ1) is 8.56. The standard InChI is InChI=1S/C13H16O5/c1-4-5-8-6-7-9(12(15)17-2)10(11(8)14)13(16)18-3/h6-7,14H,4-5H2,1-3H3. The molecule has 0 amide bonds. The molecule has 0 aliphatic heterocycles. The maximum atomic E-state index is 11.6. The molecule has 5 heteroatoms. The van der Waals surface area contributed by atoms with Crippen LogP contribution in [0.1, 0.15) is 39.6 Å². The molecule has 0 atom stereocenters. The van der Waals surface area contributed by atoms with Gasteiger partial charge in [0.15, 0.2) is 0 Å². The minimum Gasteiger partial charge on any atom is -0.507 e. The Morgan fingerprint density at radius 1 is 1.17 bits per heavy atom. The number of aromatic hydroxyl groups is 1. The molecular weight excluding hydrogens is 236 g/mol. The van der Waals surface area contributed by atoms with Crippen molar-refractivity contribution in [3.8, 4) is 5.75 Å². The Morgan fingerprint density at radius 2 is 1.78 bits per heavy atom. The van der Waals surface area contributed by atoms with E-state index in [0.29, 0.717) is 12.0 Å². The lowest BCUT2D eigenvalue weighted by Gasteiger charge is -2.11. The summed E-state index contributed by atoms with van der Waals surface area (Å²) in [5, 5.41) is 10.0. The number of rotatable bonds is 4. The summed E-state index contributed by atoms with van der Waals surface area (Å²) in [7, 11) is 2.40. The fraction of sp³-hybridized carbons (Fsp3) is 0.385. The number of carbonyl (C=O) groups excluding carboxylic acids is 2. The van der Waals surface area contributed by atoms with Gasteiger partial charge in [0.2, 0.25) is 0 Å². The first-order valence-electron chi connectivity index (χ1n) is 5.58. The number of benzene rings is 1. The largest absolute Gasteiger partial charge is 0.507 e. The van der Waals surface area contributed by atoms with E-state index in [0.717, 1.165) is 6.42 Å². The topological polar surface area (TPSA) is 72.8 Å². The fourth-order valence-electron chi connectivity index (χ4n) is 1.69. The summed E-state index contributed by atoms with van der Waals surface area (Å²) < 4.78 is 9.15. The maximum absolute atomic E-state index is 11.6. The van der Waals surface area contributed by atoms with E-state index in [1.807, 2.05) is 6.92 Å². The second kappa shape index (κ2) is 6.05. The molecule has 0 heterocycles. The van der Waals surface area contributed by atoms with E-state index >= 15 is 0 Å². The first kappa shape index (κ1) is 14.0. The molecule has 0 aliphatic carbocycles. The quantitative estimate of drug-likeness (QED) is 0.829. The average molecular weight is 252 g/mol. The molecule has 5 nitrogen and oxygen atoms in total. The summed E-state index contributed by atoms with van der Waals surface area (Å²) >= 11 is 0. The zero-order chi connectivity index (χ0) is 13.7. The lowest BCUT2D eigenvalue weighted by atomic mass is 9.99. The van der Waals surface area contributed by atoms with E-state index in [4.69, 9.17) is 0 Å². The Balaban J connectivity index is 3.41. The van der Waals surface area contributed by atoms with Crippen LogP contribution in [0.15, 0.2) is 12.1 Å². The monoisotopic (exact) mass is 252 g/mol. The van der Waals surface area contributed by atoms with Gasteiger partial charge >= 0.3 is 11.9 Å². The van der Waals surface area contributed by atoms with Crippen molar-refractivity contribution in [2.75, 3.05) is 14.2 Å². The number of ether oxygens (including phenoxy) is 2. The van der Waals surface area contributed by atoms with Crippen LogP contribution < -0.4 is 0 Å². The summed E-state index contributed by atoms with van der Waals surface area (Å²) in [6.07, 6.45) is 1.42. The molecule has 1 rings (SSSR count). The lowest BCUT2D eigenvalue weighted by molar-refractivity contribution is 0.0552. The van der Waals surface area contributed by atoms with E-state index in [-0.39, 0.29) is 16.9 Å². The van der Waals surface area contributed by atoms with Crippen LogP contribution in [0.4, 0.5) is 0 Å². The van der Waals surface area contributed by atoms with Gasteiger partial charge in [-0.1, -0.05) is 19.4 Å². The van der Waals surface area contributed by atoms with E-state index in [2.05, 4.69) is 9.47 Å². The SMILES string of the molecule is CCCc1ccc(C(=O)OC)c(C(=O)OC)c1O. The van der Waals surface area contributed by atoms with Gasteiger partial charge in [-0.2, -0.15) is 0 Å². The Kier molecular flexibility index (Phi) is 4.71. The van der Waals surface area contributed by atoms with Gasteiger partial charge in [0.1, 0.15) is 11.3 Å². The van der Waals surface area contributed by atoms with Crippen LogP contribution in [0, 0.1) is 0 Å². The van der Waals surface area contributed by atoms with E-state index < -0.39 is 11.9 Å². The van der Waals surface area contributed by atoms with E-state index in [1.54, 1.807) is 6.07 Å². The molecule has 0 radical (unpaired) electrons. The number of hydrogen-bond acceptors (Lipinski definition) is 5. The third-order valence-electron chi connectivity index (χ3n) is 2.58. The molecule has 0 saturated heterocycles. The highest BCUT2D eigenvalue weighted by Gasteiger charge is 2.24. The Hall–Kier alpha value is -2.04. The fourth-order valence-corrected chi connectivity index (χ4v) is 1.69. The molecule has 1 N–H and O–H groups in total. The van der Waals surface area contributed by atoms with Gasteiger partial charge in [0, 0.05) is 0 Å². The normalized spacial score (nSPS) is 9.94. The number of phenolic OH excluding ortho intramolecular Hbond substituents is 1. The van der Waals surface area contributed by atoms with Crippen molar-refractivity contribution < 1.29 is 24.2 Å². The molecule has 0 saturated carbocycles. The molecule has 0 spiro atoms. The van der Waals surface area contributed by atoms with Crippen LogP contribution in [-0.4, -0.2) is 31.3 Å². The Bertz CT molecular complexity index is 465. The highest BCUT2D eigenvalue weighted by Crippen LogP contribution is 2.28. The van der Waals surface area contributed by atoms with Crippen molar-refractivity contribution >= 4 is 11.9 Å². The Morgan fingerprint density at radius 3 is 2.28 bits per heavy atom. The smallest absolute Gasteiger partial charge is 0.342 e. The van der Waals surface area contributed by atoms with Crippen molar-refractivity contribution in [2.45, 2.75) is 19.8 Å². The predicted octanol–water partition coefficient (Wildman–Crippen LogP) is 1.92. The molecule has 98 valence electrons. The lowest BCUT2D eigenvalue weighted by Crippen LogP contribution is -2.13. The highest BCUT2D eigenvalue weighted by atomic mass is 16.5. The van der Waals surface area contributed by atoms with Crippen molar-refractivity contribution in [1.29, 1.82) is 0 Å². The number of esters is 2. The Labute approximate surface area is 105 Å². The number of carbonyl (C=O) groups is 2. The number of methoxy groups -OCH3 is 2. The molecular formula is C13H16O5. The van der Waals surface area contributed by atoms with Crippen LogP contribution in [-0.2, 0) is 15.9 Å². The number of aryl methyl sites for hydroxylation is 1. The van der Waals surface area contributed by atoms with Crippen molar-refractivity contribution in [3.63, 3.8) is 0 Å². The summed E-state index contributed by atoms with van der Waals surface area (Å²) in [6, 6.07) is 3.07. The van der Waals surface area contributed by atoms with Gasteiger partial charge in [0.25, 0.3) is 0 Å². The van der Waals surface area contributed by atoms with Crippen LogP contribution in [0.3, 0.4) is 0 Å². The second-order valence-corrected chi connectivity index (χ2v) is 3.73. The predicted molar refractivity (Wildman–Crippen MR) is 64.8 cm³/mol. The van der Waals surface area contributed by atoms with Crippen molar-refractivity contribution in [3.05, 3.63) is 28.8 Å².